The molecule has 0 atom stereocenters. The Bertz CT molecular complexity index is 538. The maximum absolute atomic E-state index is 12.2. The molecule has 24 heavy (non-hydrogen) atoms. The molecular weight excluding hydrogens is 304 g/mol. The molecule has 1 amide bonds. The van der Waals surface area contributed by atoms with Crippen molar-refractivity contribution < 1.29 is 9.53 Å². The zero-order valence-electron chi connectivity index (χ0n) is 14.3. The van der Waals surface area contributed by atoms with Crippen molar-refractivity contribution in [2.24, 2.45) is 0 Å². The van der Waals surface area contributed by atoms with Gasteiger partial charge in [0.15, 0.2) is 0 Å². The van der Waals surface area contributed by atoms with E-state index < -0.39 is 0 Å². The van der Waals surface area contributed by atoms with Gasteiger partial charge in [0.2, 0.25) is 5.91 Å². The maximum Gasteiger partial charge on any atom is 0.224 e. The Hall–Kier alpha value is -1.63. The first-order valence-electron chi connectivity index (χ1n) is 8.86. The molecule has 2 aliphatic heterocycles. The zero-order chi connectivity index (χ0) is 16.8. The van der Waals surface area contributed by atoms with Crippen LogP contribution in [0.15, 0.2) is 24.3 Å². The molecule has 0 spiro atoms. The van der Waals surface area contributed by atoms with Gasteiger partial charge >= 0.3 is 0 Å². The van der Waals surface area contributed by atoms with Crippen LogP contribution < -0.4 is 5.73 Å². The fourth-order valence-electron chi connectivity index (χ4n) is 3.31. The highest BCUT2D eigenvalue weighted by molar-refractivity contribution is 5.76. The van der Waals surface area contributed by atoms with E-state index in [1.165, 1.54) is 5.56 Å². The lowest BCUT2D eigenvalue weighted by Gasteiger charge is -2.35. The minimum Gasteiger partial charge on any atom is -0.398 e. The Kier molecular flexibility index (Phi) is 6.07. The van der Waals surface area contributed by atoms with Gasteiger partial charge in [-0.25, -0.2) is 0 Å². The summed E-state index contributed by atoms with van der Waals surface area (Å²) in [5.41, 5.74) is 8.10. The van der Waals surface area contributed by atoms with E-state index in [2.05, 4.69) is 15.9 Å². The normalized spacial score (nSPS) is 20.2. The number of rotatable bonds is 5. The van der Waals surface area contributed by atoms with Crippen LogP contribution >= 0.6 is 0 Å². The molecule has 3 rings (SSSR count). The van der Waals surface area contributed by atoms with Crippen molar-refractivity contribution in [1.82, 2.24) is 14.7 Å². The summed E-state index contributed by atoms with van der Waals surface area (Å²) in [6.45, 7) is 8.69. The van der Waals surface area contributed by atoms with Crippen LogP contribution in [-0.4, -0.2) is 79.6 Å². The average Bonchev–Trinajstić information content (AvgIpc) is 2.63. The van der Waals surface area contributed by atoms with Crippen LogP contribution in [0.25, 0.3) is 0 Å². The second-order valence-corrected chi connectivity index (χ2v) is 6.56. The molecule has 6 heteroatoms. The molecular formula is C18H28N4O2. The lowest BCUT2D eigenvalue weighted by molar-refractivity contribution is -0.135. The van der Waals surface area contributed by atoms with Crippen LogP contribution in [0.5, 0.6) is 0 Å². The first-order chi connectivity index (χ1) is 11.7. The summed E-state index contributed by atoms with van der Waals surface area (Å²) in [4.78, 5) is 19.0. The number of amides is 1. The Labute approximate surface area is 144 Å². The number of ether oxygens (including phenoxy) is 1. The van der Waals surface area contributed by atoms with E-state index >= 15 is 0 Å². The van der Waals surface area contributed by atoms with Crippen molar-refractivity contribution in [2.75, 3.05) is 64.8 Å². The topological polar surface area (TPSA) is 62.0 Å². The number of morpholine rings is 1. The second-order valence-electron chi connectivity index (χ2n) is 6.56. The molecule has 6 nitrogen and oxygen atoms in total. The van der Waals surface area contributed by atoms with Crippen LogP contribution in [0.3, 0.4) is 0 Å². The van der Waals surface area contributed by atoms with E-state index in [1.54, 1.807) is 0 Å². The minimum atomic E-state index is 0.262. The molecule has 0 aromatic heterocycles. The Morgan fingerprint density at radius 2 is 1.67 bits per heavy atom. The predicted octanol–water partition coefficient (Wildman–Crippen LogP) is 0.635. The van der Waals surface area contributed by atoms with Crippen molar-refractivity contribution in [3.63, 3.8) is 0 Å². The van der Waals surface area contributed by atoms with Crippen LogP contribution in [0.1, 0.15) is 12.0 Å². The van der Waals surface area contributed by atoms with Crippen molar-refractivity contribution in [3.05, 3.63) is 29.8 Å². The average molecular weight is 332 g/mol. The number of carbonyl (C=O) groups excluding carboxylic acids is 1. The Morgan fingerprint density at radius 3 is 2.38 bits per heavy atom. The maximum atomic E-state index is 12.2. The number of hydrogen-bond donors (Lipinski definition) is 1. The van der Waals surface area contributed by atoms with E-state index in [0.29, 0.717) is 19.6 Å². The lowest BCUT2D eigenvalue weighted by Crippen LogP contribution is -2.47. The molecule has 2 fully saturated rings. The smallest absolute Gasteiger partial charge is 0.224 e. The molecule has 2 N–H and O–H groups in total. The quantitative estimate of drug-likeness (QED) is 0.802. The largest absolute Gasteiger partial charge is 0.398 e. The number of nitrogens with two attached hydrogens (primary N) is 1. The number of para-hydroxylation sites is 1. The molecule has 0 bridgehead atoms. The van der Waals surface area contributed by atoms with Gasteiger partial charge in [-0.1, -0.05) is 18.2 Å². The summed E-state index contributed by atoms with van der Waals surface area (Å²) in [6, 6.07) is 8.08. The molecule has 1 aromatic carbocycles. The van der Waals surface area contributed by atoms with Crippen molar-refractivity contribution in [3.8, 4) is 0 Å². The van der Waals surface area contributed by atoms with Crippen molar-refractivity contribution in [1.29, 1.82) is 0 Å². The molecule has 2 saturated heterocycles. The highest BCUT2D eigenvalue weighted by Crippen LogP contribution is 2.15. The standard InChI is InChI=1S/C18H28N4O2/c19-17-4-2-1-3-16(17)15-21-9-7-20(8-10-21)6-5-18(23)22-11-13-24-14-12-22/h1-4H,5-15,19H2. The third kappa shape index (κ3) is 4.69. The van der Waals surface area contributed by atoms with Crippen LogP contribution in [-0.2, 0) is 16.1 Å². The second kappa shape index (κ2) is 8.46. The summed E-state index contributed by atoms with van der Waals surface area (Å²) >= 11 is 0. The first-order valence-corrected chi connectivity index (χ1v) is 8.86. The molecule has 0 radical (unpaired) electrons. The number of nitrogens with zero attached hydrogens (tertiary/aromatic N) is 3. The number of carbonyl (C=O) groups is 1. The lowest BCUT2D eigenvalue weighted by atomic mass is 10.1. The van der Waals surface area contributed by atoms with Gasteiger partial charge in [0, 0.05) is 64.5 Å². The summed E-state index contributed by atoms with van der Waals surface area (Å²) < 4.78 is 5.29. The zero-order valence-corrected chi connectivity index (χ0v) is 14.3. The minimum absolute atomic E-state index is 0.262. The van der Waals surface area contributed by atoms with Gasteiger partial charge in [-0.15, -0.1) is 0 Å². The van der Waals surface area contributed by atoms with E-state index in [0.717, 1.165) is 58.0 Å². The first kappa shape index (κ1) is 17.2. The SMILES string of the molecule is Nc1ccccc1CN1CCN(CCC(=O)N2CCOCC2)CC1. The Morgan fingerprint density at radius 1 is 1.00 bits per heavy atom. The van der Waals surface area contributed by atoms with Gasteiger partial charge in [-0.05, 0) is 11.6 Å². The summed E-state index contributed by atoms with van der Waals surface area (Å²) in [6.07, 6.45) is 0.617. The van der Waals surface area contributed by atoms with Crippen LogP contribution in [0.4, 0.5) is 5.69 Å². The van der Waals surface area contributed by atoms with Crippen molar-refractivity contribution in [2.45, 2.75) is 13.0 Å². The summed E-state index contributed by atoms with van der Waals surface area (Å²) in [5.74, 6) is 0.262. The fourth-order valence-corrected chi connectivity index (χ4v) is 3.31. The van der Waals surface area contributed by atoms with Crippen molar-refractivity contribution >= 4 is 11.6 Å². The predicted molar refractivity (Wildman–Crippen MR) is 94.6 cm³/mol. The van der Waals surface area contributed by atoms with E-state index in [1.807, 2.05) is 23.1 Å². The van der Waals surface area contributed by atoms with Crippen LogP contribution in [0, 0.1) is 0 Å². The van der Waals surface area contributed by atoms with Gasteiger partial charge in [0.1, 0.15) is 0 Å². The molecule has 2 heterocycles. The molecule has 0 aliphatic carbocycles. The van der Waals surface area contributed by atoms with Gasteiger partial charge in [0.05, 0.1) is 13.2 Å². The van der Waals surface area contributed by atoms with E-state index in [4.69, 9.17) is 10.5 Å². The molecule has 1 aromatic rings. The molecule has 0 unspecified atom stereocenters. The third-order valence-corrected chi connectivity index (χ3v) is 4.92. The number of piperazine rings is 1. The molecule has 0 saturated carbocycles. The monoisotopic (exact) mass is 332 g/mol. The van der Waals surface area contributed by atoms with Gasteiger partial charge in [-0.2, -0.15) is 0 Å². The van der Waals surface area contributed by atoms with E-state index in [-0.39, 0.29) is 5.91 Å². The van der Waals surface area contributed by atoms with Gasteiger partial charge in [-0.3, -0.25) is 9.69 Å². The number of nitrogen functional groups attached to an aromatic ring is 1. The van der Waals surface area contributed by atoms with Crippen LogP contribution in [0.2, 0.25) is 0 Å². The van der Waals surface area contributed by atoms with Gasteiger partial charge in [0.25, 0.3) is 0 Å². The fraction of sp³-hybridized carbons (Fsp3) is 0.611. The third-order valence-electron chi connectivity index (χ3n) is 4.92. The highest BCUT2D eigenvalue weighted by atomic mass is 16.5. The van der Waals surface area contributed by atoms with Gasteiger partial charge < -0.3 is 20.3 Å². The number of anilines is 1. The summed E-state index contributed by atoms with van der Waals surface area (Å²) in [5, 5.41) is 0. The highest BCUT2D eigenvalue weighted by Gasteiger charge is 2.20. The molecule has 2 aliphatic rings. The summed E-state index contributed by atoms with van der Waals surface area (Å²) in [7, 11) is 0. The molecule has 132 valence electrons. The number of hydrogen-bond acceptors (Lipinski definition) is 5. The van der Waals surface area contributed by atoms with E-state index in [9.17, 15) is 4.79 Å². The Balaban J connectivity index is 1.37. The number of benzene rings is 1.